The number of rotatable bonds is 2. The summed E-state index contributed by atoms with van der Waals surface area (Å²) in [6.45, 7) is 0.957. The lowest BCUT2D eigenvalue weighted by Gasteiger charge is -2.43. The van der Waals surface area contributed by atoms with Crippen molar-refractivity contribution in [1.29, 1.82) is 0 Å². The number of hydrogen-bond acceptors (Lipinski definition) is 3. The molecule has 2 N–H and O–H groups in total. The van der Waals surface area contributed by atoms with Gasteiger partial charge in [-0.25, -0.2) is 9.59 Å². The Morgan fingerprint density at radius 1 is 1.15 bits per heavy atom. The van der Waals surface area contributed by atoms with Crippen molar-refractivity contribution in [3.05, 3.63) is 0 Å². The van der Waals surface area contributed by atoms with Crippen molar-refractivity contribution < 1.29 is 14.4 Å². The van der Waals surface area contributed by atoms with Crippen LogP contribution in [0.3, 0.4) is 0 Å². The predicted octanol–water partition coefficient (Wildman–Crippen LogP) is 0.265. The van der Waals surface area contributed by atoms with Gasteiger partial charge in [0, 0.05) is 19.1 Å². The first kappa shape index (κ1) is 13.2. The van der Waals surface area contributed by atoms with E-state index in [-0.39, 0.29) is 36.6 Å². The molecule has 0 aromatic heterocycles. The average molecular weight is 280 g/mol. The average Bonchev–Trinajstić information content (AvgIpc) is 2.70. The Hall–Kier alpha value is -1.79. The summed E-state index contributed by atoms with van der Waals surface area (Å²) in [7, 11) is 0. The minimum absolute atomic E-state index is 0.0693. The van der Waals surface area contributed by atoms with Crippen LogP contribution in [0.2, 0.25) is 0 Å². The van der Waals surface area contributed by atoms with E-state index in [0.29, 0.717) is 13.1 Å². The number of amides is 5. The zero-order valence-corrected chi connectivity index (χ0v) is 11.4. The zero-order valence-electron chi connectivity index (χ0n) is 11.4. The molecule has 0 radical (unpaired) electrons. The highest BCUT2D eigenvalue weighted by molar-refractivity contribution is 6.02. The van der Waals surface area contributed by atoms with Crippen molar-refractivity contribution in [2.75, 3.05) is 19.6 Å². The quantitative estimate of drug-likeness (QED) is 0.712. The van der Waals surface area contributed by atoms with Crippen LogP contribution in [0, 0.1) is 0 Å². The SMILES string of the molecule is O=C(NC1CCCCC1)N1CC(N2C(=O)CNC2=O)C1. The molecule has 0 aromatic carbocycles. The van der Waals surface area contributed by atoms with Gasteiger partial charge < -0.3 is 15.5 Å². The molecule has 0 atom stereocenters. The number of hydrogen-bond donors (Lipinski definition) is 2. The number of imide groups is 1. The van der Waals surface area contributed by atoms with Crippen molar-refractivity contribution >= 4 is 18.0 Å². The van der Waals surface area contributed by atoms with E-state index in [1.54, 1.807) is 4.90 Å². The Labute approximate surface area is 117 Å². The number of nitrogens with one attached hydrogen (secondary N) is 2. The number of likely N-dealkylation sites (tertiary alicyclic amines) is 1. The normalized spacial score (nSPS) is 24.6. The molecule has 1 saturated carbocycles. The van der Waals surface area contributed by atoms with Gasteiger partial charge in [0.15, 0.2) is 0 Å². The van der Waals surface area contributed by atoms with E-state index in [4.69, 9.17) is 0 Å². The van der Waals surface area contributed by atoms with Gasteiger partial charge in [-0.15, -0.1) is 0 Å². The lowest BCUT2D eigenvalue weighted by molar-refractivity contribution is -0.128. The van der Waals surface area contributed by atoms with E-state index in [2.05, 4.69) is 10.6 Å². The molecule has 110 valence electrons. The highest BCUT2D eigenvalue weighted by atomic mass is 16.2. The Bertz CT molecular complexity index is 411. The molecule has 3 rings (SSSR count). The van der Waals surface area contributed by atoms with Crippen LogP contribution < -0.4 is 10.6 Å². The topological polar surface area (TPSA) is 81.8 Å². The summed E-state index contributed by atoms with van der Waals surface area (Å²) in [5.41, 5.74) is 0. The monoisotopic (exact) mass is 280 g/mol. The maximum atomic E-state index is 12.0. The third-order valence-electron chi connectivity index (χ3n) is 4.33. The number of carbonyl (C=O) groups is 3. The van der Waals surface area contributed by atoms with E-state index < -0.39 is 0 Å². The second-order valence-corrected chi connectivity index (χ2v) is 5.77. The van der Waals surface area contributed by atoms with Crippen LogP contribution in [-0.2, 0) is 4.79 Å². The van der Waals surface area contributed by atoms with Gasteiger partial charge >= 0.3 is 12.1 Å². The zero-order chi connectivity index (χ0) is 14.1. The van der Waals surface area contributed by atoms with E-state index >= 15 is 0 Å². The van der Waals surface area contributed by atoms with Crippen molar-refractivity contribution in [3.63, 3.8) is 0 Å². The molecule has 2 aliphatic heterocycles. The highest BCUT2D eigenvalue weighted by Gasteiger charge is 2.43. The van der Waals surface area contributed by atoms with Crippen LogP contribution in [-0.4, -0.2) is 59.5 Å². The molecule has 2 heterocycles. The molecule has 3 fully saturated rings. The fourth-order valence-electron chi connectivity index (χ4n) is 3.10. The molecule has 0 bridgehead atoms. The lowest BCUT2D eigenvalue weighted by Crippen LogP contribution is -2.64. The van der Waals surface area contributed by atoms with Crippen LogP contribution >= 0.6 is 0 Å². The highest BCUT2D eigenvalue weighted by Crippen LogP contribution is 2.20. The largest absolute Gasteiger partial charge is 0.335 e. The smallest absolute Gasteiger partial charge is 0.324 e. The minimum Gasteiger partial charge on any atom is -0.335 e. The van der Waals surface area contributed by atoms with Crippen LogP contribution in [0.1, 0.15) is 32.1 Å². The Kier molecular flexibility index (Phi) is 3.50. The standard InChI is InChI=1S/C13H20N4O3/c18-11-6-14-12(19)17(11)10-7-16(8-10)13(20)15-9-4-2-1-3-5-9/h9-10H,1-8H2,(H,14,19)(H,15,20). The molecule has 0 unspecified atom stereocenters. The summed E-state index contributed by atoms with van der Waals surface area (Å²) in [5, 5.41) is 5.53. The molecule has 1 aliphatic carbocycles. The minimum atomic E-state index is -0.340. The molecule has 0 aromatic rings. The third-order valence-corrected chi connectivity index (χ3v) is 4.33. The van der Waals surface area contributed by atoms with Gasteiger partial charge in [-0.3, -0.25) is 9.69 Å². The second-order valence-electron chi connectivity index (χ2n) is 5.77. The molecule has 0 spiro atoms. The Balaban J connectivity index is 1.46. The molecule has 3 aliphatic rings. The molecule has 2 saturated heterocycles. The molecule has 7 nitrogen and oxygen atoms in total. The summed E-state index contributed by atoms with van der Waals surface area (Å²) in [4.78, 5) is 38.0. The van der Waals surface area contributed by atoms with Crippen LogP contribution in [0.15, 0.2) is 0 Å². The maximum absolute atomic E-state index is 12.0. The number of nitrogens with zero attached hydrogens (tertiary/aromatic N) is 2. The Morgan fingerprint density at radius 3 is 2.45 bits per heavy atom. The first-order valence-electron chi connectivity index (χ1n) is 7.30. The van der Waals surface area contributed by atoms with Gasteiger partial charge in [0.05, 0.1) is 12.6 Å². The first-order valence-corrected chi connectivity index (χ1v) is 7.30. The van der Waals surface area contributed by atoms with Gasteiger partial charge in [0.2, 0.25) is 5.91 Å². The first-order chi connectivity index (χ1) is 9.65. The third kappa shape index (κ3) is 2.44. The van der Waals surface area contributed by atoms with E-state index in [0.717, 1.165) is 12.8 Å². The second kappa shape index (κ2) is 5.30. The molecular formula is C13H20N4O3. The fourth-order valence-corrected chi connectivity index (χ4v) is 3.10. The molecule has 5 amide bonds. The van der Waals surface area contributed by atoms with Crippen molar-refractivity contribution in [1.82, 2.24) is 20.4 Å². The molecular weight excluding hydrogens is 260 g/mol. The summed E-state index contributed by atoms with van der Waals surface area (Å²) in [6, 6.07) is -0.290. The number of urea groups is 2. The Morgan fingerprint density at radius 2 is 1.85 bits per heavy atom. The summed E-state index contributed by atoms with van der Waals surface area (Å²) < 4.78 is 0. The van der Waals surface area contributed by atoms with Crippen LogP contribution in [0.5, 0.6) is 0 Å². The predicted molar refractivity (Wildman–Crippen MR) is 71.0 cm³/mol. The van der Waals surface area contributed by atoms with Gasteiger partial charge in [0.25, 0.3) is 0 Å². The molecule has 7 heteroatoms. The lowest BCUT2D eigenvalue weighted by atomic mass is 9.95. The van der Waals surface area contributed by atoms with E-state index in [1.165, 1.54) is 24.2 Å². The summed E-state index contributed by atoms with van der Waals surface area (Å²) in [5.74, 6) is -0.202. The van der Waals surface area contributed by atoms with E-state index in [9.17, 15) is 14.4 Å². The van der Waals surface area contributed by atoms with Gasteiger partial charge in [-0.2, -0.15) is 0 Å². The number of carbonyl (C=O) groups excluding carboxylic acids is 3. The van der Waals surface area contributed by atoms with Gasteiger partial charge in [-0.05, 0) is 12.8 Å². The van der Waals surface area contributed by atoms with Gasteiger partial charge in [0.1, 0.15) is 0 Å². The van der Waals surface area contributed by atoms with Crippen molar-refractivity contribution in [2.24, 2.45) is 0 Å². The summed E-state index contributed by atoms with van der Waals surface area (Å²) in [6.07, 6.45) is 5.71. The maximum Gasteiger partial charge on any atom is 0.324 e. The summed E-state index contributed by atoms with van der Waals surface area (Å²) >= 11 is 0. The van der Waals surface area contributed by atoms with Crippen LogP contribution in [0.25, 0.3) is 0 Å². The van der Waals surface area contributed by atoms with Gasteiger partial charge in [-0.1, -0.05) is 19.3 Å². The van der Waals surface area contributed by atoms with E-state index in [1.807, 2.05) is 0 Å². The molecule has 20 heavy (non-hydrogen) atoms. The van der Waals surface area contributed by atoms with Crippen molar-refractivity contribution in [3.8, 4) is 0 Å². The fraction of sp³-hybridized carbons (Fsp3) is 0.769. The van der Waals surface area contributed by atoms with Crippen LogP contribution in [0.4, 0.5) is 9.59 Å². The van der Waals surface area contributed by atoms with Crippen molar-refractivity contribution in [2.45, 2.75) is 44.2 Å².